The van der Waals surface area contributed by atoms with E-state index in [-0.39, 0.29) is 36.6 Å². The van der Waals surface area contributed by atoms with Gasteiger partial charge in [-0.3, -0.25) is 4.79 Å². The van der Waals surface area contributed by atoms with Crippen molar-refractivity contribution in [1.82, 2.24) is 15.3 Å². The van der Waals surface area contributed by atoms with Crippen LogP contribution in [-0.4, -0.2) is 47.3 Å². The summed E-state index contributed by atoms with van der Waals surface area (Å²) in [7, 11) is 0. The topological polar surface area (TPSA) is 106 Å². The monoisotopic (exact) mass is 462 g/mol. The molecule has 0 aromatic carbocycles. The largest absolute Gasteiger partial charge is 0.472 e. The Morgan fingerprint density at radius 3 is 2.75 bits per heavy atom. The molecule has 0 bridgehead atoms. The Morgan fingerprint density at radius 2 is 2.09 bits per heavy atom. The molecule has 10 heteroatoms. The number of nitriles is 1. The van der Waals surface area contributed by atoms with E-state index in [4.69, 9.17) is 19.5 Å². The number of amides is 1. The van der Waals surface area contributed by atoms with Crippen molar-refractivity contribution in [3.8, 4) is 17.1 Å². The second kappa shape index (κ2) is 9.55. The van der Waals surface area contributed by atoms with E-state index in [2.05, 4.69) is 21.4 Å². The van der Waals surface area contributed by atoms with Crippen LogP contribution in [-0.2, 0) is 9.53 Å². The number of aromatic nitrogens is 2. The predicted octanol–water partition coefficient (Wildman–Crippen LogP) is 3.74. The lowest BCUT2D eigenvalue weighted by Gasteiger charge is -2.29. The van der Waals surface area contributed by atoms with Gasteiger partial charge in [0.15, 0.2) is 0 Å². The lowest BCUT2D eigenvalue weighted by molar-refractivity contribution is -0.120. The number of nitrogens with one attached hydrogen (secondary N) is 1. The Hall–Kier alpha value is -2.51. The molecule has 2 aliphatic carbocycles. The zero-order valence-corrected chi connectivity index (χ0v) is 19.0. The Bertz CT molecular complexity index is 1010. The lowest BCUT2D eigenvalue weighted by Crippen LogP contribution is -2.37. The normalized spacial score (nSPS) is 22.7. The summed E-state index contributed by atoms with van der Waals surface area (Å²) in [6, 6.07) is 2.23. The highest BCUT2D eigenvalue weighted by Crippen LogP contribution is 2.45. The summed E-state index contributed by atoms with van der Waals surface area (Å²) in [4.78, 5) is 19.5. The molecule has 0 radical (unpaired) electrons. The van der Waals surface area contributed by atoms with Crippen LogP contribution in [0.3, 0.4) is 0 Å². The Balaban J connectivity index is 1.29. The molecule has 2 saturated carbocycles. The summed E-state index contributed by atoms with van der Waals surface area (Å²) >= 11 is 1.11. The van der Waals surface area contributed by atoms with E-state index in [1.165, 1.54) is 13.1 Å². The molecule has 1 N–H and O–H groups in total. The molecule has 32 heavy (non-hydrogen) atoms. The number of fused-ring (bicyclic) bond motifs is 1. The van der Waals surface area contributed by atoms with Gasteiger partial charge in [-0.15, -0.1) is 0 Å². The van der Waals surface area contributed by atoms with Crippen molar-refractivity contribution < 1.29 is 23.4 Å². The van der Waals surface area contributed by atoms with Gasteiger partial charge in [0.05, 0.1) is 30.4 Å². The van der Waals surface area contributed by atoms with Crippen LogP contribution in [0.2, 0.25) is 0 Å². The number of pyridine rings is 1. The molecule has 1 amide bonds. The second-order valence-electron chi connectivity index (χ2n) is 8.70. The molecule has 1 atom stereocenters. The first-order valence-electron chi connectivity index (χ1n) is 10.9. The van der Waals surface area contributed by atoms with E-state index in [0.29, 0.717) is 22.0 Å². The van der Waals surface area contributed by atoms with Crippen LogP contribution in [0.15, 0.2) is 6.20 Å². The van der Waals surface area contributed by atoms with Gasteiger partial charge in [-0.05, 0) is 45.4 Å². The molecular formula is C22H27FN4O4S. The Labute approximate surface area is 190 Å². The first-order chi connectivity index (χ1) is 15.4. The van der Waals surface area contributed by atoms with E-state index in [1.54, 1.807) is 0 Å². The number of nitrogens with zero attached hydrogens (tertiary/aromatic N) is 3. The molecule has 2 aromatic heterocycles. The van der Waals surface area contributed by atoms with Gasteiger partial charge in [0.1, 0.15) is 22.9 Å². The first kappa shape index (κ1) is 22.7. The van der Waals surface area contributed by atoms with E-state index >= 15 is 0 Å². The summed E-state index contributed by atoms with van der Waals surface area (Å²) in [5.74, 6) is -0.621. The first-order valence-corrected chi connectivity index (χ1v) is 11.7. The summed E-state index contributed by atoms with van der Waals surface area (Å²) in [6.07, 6.45) is 6.21. The summed E-state index contributed by atoms with van der Waals surface area (Å²) in [5, 5.41) is 12.3. The third-order valence-corrected chi connectivity index (χ3v) is 6.79. The fourth-order valence-electron chi connectivity index (χ4n) is 3.76. The molecule has 172 valence electrons. The highest BCUT2D eigenvalue weighted by molar-refractivity contribution is 7.20. The van der Waals surface area contributed by atoms with E-state index < -0.39 is 11.2 Å². The van der Waals surface area contributed by atoms with Crippen LogP contribution in [0, 0.1) is 22.6 Å². The third kappa shape index (κ3) is 5.45. The van der Waals surface area contributed by atoms with Crippen LogP contribution >= 0.6 is 11.3 Å². The van der Waals surface area contributed by atoms with Gasteiger partial charge in [-0.2, -0.15) is 9.65 Å². The minimum Gasteiger partial charge on any atom is -0.472 e. The molecular weight excluding hydrogens is 435 g/mol. The number of ether oxygens (including phenoxy) is 3. The summed E-state index contributed by atoms with van der Waals surface area (Å²) < 4.78 is 32.7. The van der Waals surface area contributed by atoms with Crippen LogP contribution in [0.25, 0.3) is 10.2 Å². The standard InChI is InChI=1S/C22H27FN4O4S/c1-13(26-14(2)28)10-29-15-3-5-16(6-4-15)31-20-18(23)19-17(9-25-20)27-21(32-19)30-12-22(11-24)7-8-22/h9,13,15-16H,3-8,10,12H2,1-2H3,(H,26,28)/t13-,15?,16?/m0/s1. The van der Waals surface area contributed by atoms with Crippen LogP contribution in [0.4, 0.5) is 4.39 Å². The minimum absolute atomic E-state index is 0.0213. The molecule has 8 nitrogen and oxygen atoms in total. The van der Waals surface area contributed by atoms with Crippen molar-refractivity contribution in [3.63, 3.8) is 0 Å². The van der Waals surface area contributed by atoms with Crippen molar-refractivity contribution in [1.29, 1.82) is 5.26 Å². The van der Waals surface area contributed by atoms with E-state index in [9.17, 15) is 9.18 Å². The number of carbonyl (C=O) groups is 1. The van der Waals surface area contributed by atoms with Crippen molar-refractivity contribution in [2.24, 2.45) is 5.41 Å². The maximum absolute atomic E-state index is 15.0. The second-order valence-corrected chi connectivity index (χ2v) is 9.67. The van der Waals surface area contributed by atoms with Crippen LogP contribution in [0.1, 0.15) is 52.4 Å². The number of carbonyl (C=O) groups excluding carboxylic acids is 1. The summed E-state index contributed by atoms with van der Waals surface area (Å²) in [6.45, 7) is 4.14. The van der Waals surface area contributed by atoms with Gasteiger partial charge in [-0.25, -0.2) is 9.97 Å². The average Bonchev–Trinajstić information content (AvgIpc) is 3.44. The van der Waals surface area contributed by atoms with Gasteiger partial charge in [0.2, 0.25) is 11.7 Å². The molecule has 0 aliphatic heterocycles. The highest BCUT2D eigenvalue weighted by atomic mass is 32.1. The minimum atomic E-state index is -0.529. The molecule has 4 rings (SSSR count). The number of hydrogen-bond donors (Lipinski definition) is 1. The predicted molar refractivity (Wildman–Crippen MR) is 116 cm³/mol. The Morgan fingerprint density at radius 1 is 1.38 bits per heavy atom. The number of rotatable bonds is 9. The van der Waals surface area contributed by atoms with E-state index in [0.717, 1.165) is 49.9 Å². The maximum atomic E-state index is 15.0. The SMILES string of the molecule is CC(=O)N[C@@H](C)COC1CCC(Oc2ncc3nc(OCC4(C#N)CC4)sc3c2F)CC1. The van der Waals surface area contributed by atoms with Gasteiger partial charge in [0, 0.05) is 13.0 Å². The number of thiazole rings is 1. The quantitative estimate of drug-likeness (QED) is 0.605. The van der Waals surface area contributed by atoms with Crippen LogP contribution < -0.4 is 14.8 Å². The highest BCUT2D eigenvalue weighted by Gasteiger charge is 2.44. The maximum Gasteiger partial charge on any atom is 0.274 e. The molecule has 2 heterocycles. The molecule has 0 spiro atoms. The fourth-order valence-corrected chi connectivity index (χ4v) is 4.57. The molecule has 2 aliphatic rings. The van der Waals surface area contributed by atoms with Crippen LogP contribution in [0.5, 0.6) is 11.1 Å². The molecule has 2 fully saturated rings. The number of halogens is 1. The zero-order valence-electron chi connectivity index (χ0n) is 18.2. The van der Waals surface area contributed by atoms with E-state index in [1.807, 2.05) is 6.92 Å². The fraction of sp³-hybridized carbons (Fsp3) is 0.636. The molecule has 2 aromatic rings. The van der Waals surface area contributed by atoms with Gasteiger partial charge in [0.25, 0.3) is 11.1 Å². The van der Waals surface area contributed by atoms with Crippen molar-refractivity contribution in [3.05, 3.63) is 12.0 Å². The summed E-state index contributed by atoms with van der Waals surface area (Å²) in [5.41, 5.74) is 0.00930. The number of hydrogen-bond acceptors (Lipinski definition) is 8. The average molecular weight is 463 g/mol. The molecule has 0 saturated heterocycles. The third-order valence-electron chi connectivity index (χ3n) is 5.82. The van der Waals surface area contributed by atoms with Crippen molar-refractivity contribution in [2.45, 2.75) is 70.6 Å². The van der Waals surface area contributed by atoms with Gasteiger partial charge >= 0.3 is 0 Å². The van der Waals surface area contributed by atoms with Crippen molar-refractivity contribution >= 4 is 27.5 Å². The lowest BCUT2D eigenvalue weighted by atomic mass is 9.95. The van der Waals surface area contributed by atoms with Crippen molar-refractivity contribution in [2.75, 3.05) is 13.2 Å². The van der Waals surface area contributed by atoms with Gasteiger partial charge in [-0.1, -0.05) is 11.3 Å². The Kier molecular flexibility index (Phi) is 6.76. The zero-order chi connectivity index (χ0) is 22.7. The van der Waals surface area contributed by atoms with Gasteiger partial charge < -0.3 is 19.5 Å². The smallest absolute Gasteiger partial charge is 0.274 e. The molecule has 0 unspecified atom stereocenters.